The first-order valence-electron chi connectivity index (χ1n) is 10.9. The minimum atomic E-state index is -1.26. The molecule has 0 unspecified atom stereocenters. The van der Waals surface area contributed by atoms with Gasteiger partial charge in [-0.25, -0.2) is 0 Å². The summed E-state index contributed by atoms with van der Waals surface area (Å²) in [6.07, 6.45) is -0.790. The van der Waals surface area contributed by atoms with Crippen LogP contribution in [0.4, 0.5) is 0 Å². The van der Waals surface area contributed by atoms with E-state index in [1.165, 1.54) is 11.0 Å². The van der Waals surface area contributed by atoms with Gasteiger partial charge in [-0.1, -0.05) is 44.2 Å². The third kappa shape index (κ3) is 4.85. The maximum Gasteiger partial charge on any atom is 0.250 e. The summed E-state index contributed by atoms with van der Waals surface area (Å²) in [5.41, 5.74) is 7.71. The number of benzene rings is 1. The Bertz CT molecular complexity index is 915. The highest BCUT2D eigenvalue weighted by atomic mass is 16.3. The zero-order chi connectivity index (χ0) is 23.6. The zero-order valence-electron chi connectivity index (χ0n) is 18.6. The van der Waals surface area contributed by atoms with Crippen LogP contribution in [0.15, 0.2) is 35.9 Å². The van der Waals surface area contributed by atoms with Crippen LogP contribution in [0.3, 0.4) is 0 Å². The van der Waals surface area contributed by atoms with Crippen molar-refractivity contribution < 1.29 is 24.6 Å². The van der Waals surface area contributed by atoms with E-state index in [0.717, 1.165) is 11.1 Å². The van der Waals surface area contributed by atoms with Crippen LogP contribution >= 0.6 is 0 Å². The third-order valence-corrected chi connectivity index (χ3v) is 6.25. The second-order valence-corrected chi connectivity index (χ2v) is 8.82. The van der Waals surface area contributed by atoms with Crippen molar-refractivity contribution in [2.45, 2.75) is 63.6 Å². The first-order valence-corrected chi connectivity index (χ1v) is 10.9. The van der Waals surface area contributed by atoms with E-state index in [4.69, 9.17) is 5.73 Å². The van der Waals surface area contributed by atoms with E-state index < -0.39 is 42.1 Å². The molecule has 2 aliphatic rings. The summed E-state index contributed by atoms with van der Waals surface area (Å²) in [7, 11) is 1.67. The van der Waals surface area contributed by atoms with Crippen LogP contribution < -0.4 is 16.4 Å². The Morgan fingerprint density at radius 2 is 1.78 bits per heavy atom. The Hall–Kier alpha value is -2.75. The molecule has 9 heteroatoms. The number of aliphatic hydroxyl groups is 2. The first-order chi connectivity index (χ1) is 15.1. The molecule has 0 fully saturated rings. The molecule has 9 nitrogen and oxygen atoms in total. The van der Waals surface area contributed by atoms with Crippen LogP contribution in [-0.4, -0.2) is 70.2 Å². The lowest BCUT2D eigenvalue weighted by Crippen LogP contribution is -2.56. The number of nitrogens with zero attached hydrogens (tertiary/aromatic N) is 1. The molecule has 3 amide bonds. The molecule has 0 aromatic heterocycles. The van der Waals surface area contributed by atoms with E-state index >= 15 is 0 Å². The molecule has 3 rings (SSSR count). The number of hydrogen-bond donors (Lipinski definition) is 5. The van der Waals surface area contributed by atoms with E-state index in [1.807, 2.05) is 38.1 Å². The average molecular weight is 445 g/mol. The van der Waals surface area contributed by atoms with Gasteiger partial charge >= 0.3 is 0 Å². The number of fused-ring (bicyclic) bond motifs is 1. The van der Waals surface area contributed by atoms with Gasteiger partial charge < -0.3 is 31.5 Å². The van der Waals surface area contributed by atoms with E-state index in [0.29, 0.717) is 6.42 Å². The number of likely N-dealkylation sites (N-methyl/N-ethyl adjacent to an activating group) is 1. The van der Waals surface area contributed by atoms with Crippen LogP contribution in [0, 0.1) is 5.92 Å². The Morgan fingerprint density at radius 1 is 1.12 bits per heavy atom. The fourth-order valence-corrected chi connectivity index (χ4v) is 4.45. The number of nitrogens with two attached hydrogens (primary N) is 1. The fourth-order valence-electron chi connectivity index (χ4n) is 4.45. The second-order valence-electron chi connectivity index (χ2n) is 8.82. The van der Waals surface area contributed by atoms with E-state index in [1.54, 1.807) is 7.05 Å². The minimum Gasteiger partial charge on any atom is -0.390 e. The van der Waals surface area contributed by atoms with Gasteiger partial charge in [-0.15, -0.1) is 0 Å². The number of amides is 3. The molecule has 0 bridgehead atoms. The van der Waals surface area contributed by atoms with Crippen molar-refractivity contribution in [2.24, 2.45) is 11.7 Å². The molecular formula is C23H32N4O5. The Morgan fingerprint density at radius 3 is 2.38 bits per heavy atom. The quantitative estimate of drug-likeness (QED) is 0.389. The molecule has 0 radical (unpaired) electrons. The van der Waals surface area contributed by atoms with Crippen molar-refractivity contribution >= 4 is 17.7 Å². The van der Waals surface area contributed by atoms with Gasteiger partial charge in [0.1, 0.15) is 12.1 Å². The lowest BCUT2D eigenvalue weighted by molar-refractivity contribution is -0.138. The Kier molecular flexibility index (Phi) is 7.33. The summed E-state index contributed by atoms with van der Waals surface area (Å²) in [5.74, 6) is -1.39. The van der Waals surface area contributed by atoms with Gasteiger partial charge in [-0.2, -0.15) is 0 Å². The molecule has 5 atom stereocenters. The van der Waals surface area contributed by atoms with Gasteiger partial charge in [0.05, 0.1) is 18.2 Å². The van der Waals surface area contributed by atoms with Crippen LogP contribution in [-0.2, 0) is 27.3 Å². The van der Waals surface area contributed by atoms with Crippen molar-refractivity contribution in [1.82, 2.24) is 15.5 Å². The molecular weight excluding hydrogens is 412 g/mol. The predicted octanol–water partition coefficient (Wildman–Crippen LogP) is -0.794. The average Bonchev–Trinajstić information content (AvgIpc) is 2.75. The molecule has 0 saturated carbocycles. The summed E-state index contributed by atoms with van der Waals surface area (Å²) in [5, 5.41) is 26.5. The smallest absolute Gasteiger partial charge is 0.250 e. The van der Waals surface area contributed by atoms with Crippen LogP contribution in [0.2, 0.25) is 0 Å². The topological polar surface area (TPSA) is 145 Å². The molecule has 1 aromatic rings. The number of primary amides is 1. The van der Waals surface area contributed by atoms with E-state index in [2.05, 4.69) is 10.6 Å². The monoisotopic (exact) mass is 444 g/mol. The largest absolute Gasteiger partial charge is 0.390 e. The number of hydrogen-bond acceptors (Lipinski definition) is 6. The first kappa shape index (κ1) is 23.9. The zero-order valence-corrected chi connectivity index (χ0v) is 18.6. The molecule has 0 saturated heterocycles. The summed E-state index contributed by atoms with van der Waals surface area (Å²) in [4.78, 5) is 39.6. The molecule has 1 aliphatic heterocycles. The SMILES string of the molecule is CN[C@H](C(=O)N[C@@H]1C=C(C(=O)N2Cc3ccccc3C[C@H]2C(N)=O)C[C@@H](O)[C@@H]1O)C(C)C. The molecule has 0 spiro atoms. The molecule has 1 aliphatic carbocycles. The van der Waals surface area contributed by atoms with Crippen molar-refractivity contribution in [1.29, 1.82) is 0 Å². The normalized spacial score (nSPS) is 26.2. The van der Waals surface area contributed by atoms with Gasteiger partial charge in [-0.3, -0.25) is 14.4 Å². The van der Waals surface area contributed by atoms with Gasteiger partial charge in [0, 0.05) is 25.0 Å². The van der Waals surface area contributed by atoms with Crippen LogP contribution in [0.1, 0.15) is 31.4 Å². The summed E-state index contributed by atoms with van der Waals surface area (Å²) >= 11 is 0. The standard InChI is InChI=1S/C23H32N4O5/c1-12(2)19(25-3)22(31)26-16-8-15(10-18(28)20(16)29)23(32)27-11-14-7-5-4-6-13(14)9-17(27)21(24)30/h4-8,12,16-20,25,28-29H,9-11H2,1-3H3,(H2,24,30)(H,26,31)/t16-,17+,18-,19+,20-/m1/s1. The molecule has 174 valence electrons. The lowest BCUT2D eigenvalue weighted by Gasteiger charge is -2.38. The maximum absolute atomic E-state index is 13.4. The lowest BCUT2D eigenvalue weighted by atomic mass is 9.87. The van der Waals surface area contributed by atoms with Gasteiger partial charge in [-0.05, 0) is 24.1 Å². The fraction of sp³-hybridized carbons (Fsp3) is 0.522. The molecule has 32 heavy (non-hydrogen) atoms. The van der Waals surface area contributed by atoms with Gasteiger partial charge in [0.25, 0.3) is 5.91 Å². The maximum atomic E-state index is 13.4. The molecule has 1 aromatic carbocycles. The Labute approximate surface area is 187 Å². The molecule has 1 heterocycles. The highest BCUT2D eigenvalue weighted by molar-refractivity contribution is 5.97. The number of aliphatic hydroxyl groups excluding tert-OH is 2. The highest BCUT2D eigenvalue weighted by Gasteiger charge is 2.39. The van der Waals surface area contributed by atoms with Crippen LogP contribution in [0.5, 0.6) is 0 Å². The van der Waals surface area contributed by atoms with Crippen LogP contribution in [0.25, 0.3) is 0 Å². The minimum absolute atomic E-state index is 0.000446. The highest BCUT2D eigenvalue weighted by Crippen LogP contribution is 2.28. The summed E-state index contributed by atoms with van der Waals surface area (Å²) in [6, 6.07) is 5.29. The van der Waals surface area contributed by atoms with Gasteiger partial charge in [0.15, 0.2) is 0 Å². The summed E-state index contributed by atoms with van der Waals surface area (Å²) < 4.78 is 0. The van der Waals surface area contributed by atoms with E-state index in [-0.39, 0.29) is 30.4 Å². The van der Waals surface area contributed by atoms with Crippen molar-refractivity contribution in [3.8, 4) is 0 Å². The number of carbonyl (C=O) groups is 3. The van der Waals surface area contributed by atoms with Crippen molar-refractivity contribution in [3.63, 3.8) is 0 Å². The Balaban J connectivity index is 1.86. The number of nitrogens with one attached hydrogen (secondary N) is 2. The third-order valence-electron chi connectivity index (χ3n) is 6.25. The second kappa shape index (κ2) is 9.81. The number of rotatable bonds is 6. The van der Waals surface area contributed by atoms with Crippen molar-refractivity contribution in [3.05, 3.63) is 47.0 Å². The predicted molar refractivity (Wildman–Crippen MR) is 118 cm³/mol. The van der Waals surface area contributed by atoms with Gasteiger partial charge in [0.2, 0.25) is 11.8 Å². The van der Waals surface area contributed by atoms with E-state index in [9.17, 15) is 24.6 Å². The van der Waals surface area contributed by atoms with Crippen molar-refractivity contribution in [2.75, 3.05) is 7.05 Å². The molecule has 6 N–H and O–H groups in total. The number of carbonyl (C=O) groups excluding carboxylic acids is 3. The summed E-state index contributed by atoms with van der Waals surface area (Å²) in [6.45, 7) is 3.98.